The Kier molecular flexibility index (Phi) is 8.71. The molecule has 0 fully saturated rings. The summed E-state index contributed by atoms with van der Waals surface area (Å²) in [7, 11) is 0. The van der Waals surface area contributed by atoms with Crippen LogP contribution in [-0.2, 0) is 22.6 Å². The second kappa shape index (κ2) is 11.0. The molecule has 0 aliphatic rings. The summed E-state index contributed by atoms with van der Waals surface area (Å²) in [6.07, 6.45) is 1.63. The van der Waals surface area contributed by atoms with E-state index in [0.717, 1.165) is 23.1 Å². The van der Waals surface area contributed by atoms with Gasteiger partial charge in [-0.1, -0.05) is 61.8 Å². The van der Waals surface area contributed by atoms with Crippen molar-refractivity contribution in [2.75, 3.05) is 0 Å². The molecule has 0 saturated carbocycles. The van der Waals surface area contributed by atoms with Crippen molar-refractivity contribution in [3.8, 4) is 0 Å². The quantitative estimate of drug-likeness (QED) is 0.633. The smallest absolute Gasteiger partial charge is 0.243 e. The van der Waals surface area contributed by atoms with Gasteiger partial charge in [0.25, 0.3) is 0 Å². The lowest BCUT2D eigenvalue weighted by Gasteiger charge is -2.32. The van der Waals surface area contributed by atoms with E-state index in [1.54, 1.807) is 17.0 Å². The number of halogens is 1. The van der Waals surface area contributed by atoms with E-state index < -0.39 is 6.04 Å². The Morgan fingerprint density at radius 1 is 1.03 bits per heavy atom. The van der Waals surface area contributed by atoms with Gasteiger partial charge in [-0.25, -0.2) is 0 Å². The highest BCUT2D eigenvalue weighted by atomic mass is 35.5. The fraction of sp³-hybridized carbons (Fsp3) is 0.417. The summed E-state index contributed by atoms with van der Waals surface area (Å²) in [4.78, 5) is 27.9. The van der Waals surface area contributed by atoms with Crippen molar-refractivity contribution in [1.29, 1.82) is 0 Å². The van der Waals surface area contributed by atoms with E-state index in [1.807, 2.05) is 64.1 Å². The Labute approximate surface area is 179 Å². The number of rotatable bonds is 9. The molecule has 0 aliphatic heterocycles. The second-order valence-electron chi connectivity index (χ2n) is 7.49. The average Bonchev–Trinajstić information content (AvgIpc) is 2.70. The van der Waals surface area contributed by atoms with Gasteiger partial charge in [0, 0.05) is 17.6 Å². The number of nitrogens with zero attached hydrogens (tertiary/aromatic N) is 1. The number of aryl methyl sites for hydroxylation is 1. The number of carbonyl (C=O) groups is 2. The molecule has 0 saturated heterocycles. The van der Waals surface area contributed by atoms with Crippen LogP contribution < -0.4 is 5.32 Å². The van der Waals surface area contributed by atoms with E-state index in [4.69, 9.17) is 11.6 Å². The Bertz CT molecular complexity index is 820. The summed E-state index contributed by atoms with van der Waals surface area (Å²) in [5.41, 5.74) is 3.03. The van der Waals surface area contributed by atoms with E-state index in [9.17, 15) is 9.59 Å². The van der Waals surface area contributed by atoms with Crippen molar-refractivity contribution < 1.29 is 9.59 Å². The van der Waals surface area contributed by atoms with Gasteiger partial charge < -0.3 is 10.2 Å². The summed E-state index contributed by atoms with van der Waals surface area (Å²) < 4.78 is 0. The van der Waals surface area contributed by atoms with Gasteiger partial charge in [-0.15, -0.1) is 0 Å². The van der Waals surface area contributed by atoms with Crippen LogP contribution >= 0.6 is 11.6 Å². The van der Waals surface area contributed by atoms with Crippen LogP contribution in [0.25, 0.3) is 0 Å². The van der Waals surface area contributed by atoms with Gasteiger partial charge in [-0.3, -0.25) is 9.59 Å². The van der Waals surface area contributed by atoms with Gasteiger partial charge in [-0.05, 0) is 55.5 Å². The van der Waals surface area contributed by atoms with Gasteiger partial charge in [0.15, 0.2) is 0 Å². The van der Waals surface area contributed by atoms with Gasteiger partial charge >= 0.3 is 0 Å². The largest absolute Gasteiger partial charge is 0.352 e. The highest BCUT2D eigenvalue weighted by Crippen LogP contribution is 2.18. The standard InChI is InChI=1S/C24H31ClN2O2/c1-5-18(4)26-24(29)22(6-2)27(16-20-10-8-7-9-17(20)3)23(28)15-19-11-13-21(25)14-12-19/h7-14,18,22H,5-6,15-16H2,1-4H3,(H,26,29)/t18-,22+/m1/s1. The molecule has 1 N–H and O–H groups in total. The summed E-state index contributed by atoms with van der Waals surface area (Å²) in [6, 6.07) is 14.8. The molecule has 156 valence electrons. The first kappa shape index (κ1) is 23.0. The highest BCUT2D eigenvalue weighted by Gasteiger charge is 2.29. The summed E-state index contributed by atoms with van der Waals surface area (Å²) in [5, 5.41) is 3.67. The van der Waals surface area contributed by atoms with Crippen LogP contribution in [0.3, 0.4) is 0 Å². The molecule has 2 amide bonds. The molecule has 5 heteroatoms. The normalized spacial score (nSPS) is 12.9. The van der Waals surface area contributed by atoms with E-state index in [1.165, 1.54) is 0 Å². The molecule has 0 radical (unpaired) electrons. The maximum Gasteiger partial charge on any atom is 0.243 e. The molecule has 2 aromatic carbocycles. The number of hydrogen-bond donors (Lipinski definition) is 1. The van der Waals surface area contributed by atoms with Crippen LogP contribution in [0, 0.1) is 6.92 Å². The van der Waals surface area contributed by atoms with Crippen LogP contribution in [0.2, 0.25) is 5.02 Å². The zero-order chi connectivity index (χ0) is 21.4. The predicted molar refractivity (Wildman–Crippen MR) is 119 cm³/mol. The molecule has 0 aliphatic carbocycles. The lowest BCUT2D eigenvalue weighted by atomic mass is 10.0. The Hall–Kier alpha value is -2.33. The molecule has 2 atom stereocenters. The number of amides is 2. The minimum Gasteiger partial charge on any atom is -0.352 e. The van der Waals surface area contributed by atoms with Crippen molar-refractivity contribution >= 4 is 23.4 Å². The average molecular weight is 415 g/mol. The minimum absolute atomic E-state index is 0.0678. The van der Waals surface area contributed by atoms with Crippen LogP contribution in [0.4, 0.5) is 0 Å². The molecular weight excluding hydrogens is 384 g/mol. The van der Waals surface area contributed by atoms with Crippen molar-refractivity contribution in [2.24, 2.45) is 0 Å². The van der Waals surface area contributed by atoms with Crippen LogP contribution in [-0.4, -0.2) is 28.8 Å². The molecule has 0 unspecified atom stereocenters. The van der Waals surface area contributed by atoms with Crippen molar-refractivity contribution in [3.63, 3.8) is 0 Å². The third-order valence-corrected chi connectivity index (χ3v) is 5.51. The maximum atomic E-state index is 13.3. The Morgan fingerprint density at radius 2 is 1.69 bits per heavy atom. The van der Waals surface area contributed by atoms with Gasteiger partial charge in [0.1, 0.15) is 6.04 Å². The highest BCUT2D eigenvalue weighted by molar-refractivity contribution is 6.30. The molecule has 2 aromatic rings. The topological polar surface area (TPSA) is 49.4 Å². The summed E-state index contributed by atoms with van der Waals surface area (Å²) in [5.74, 6) is -0.165. The molecule has 0 aromatic heterocycles. The van der Waals surface area contributed by atoms with Crippen molar-refractivity contribution in [2.45, 2.75) is 65.6 Å². The fourth-order valence-electron chi connectivity index (χ4n) is 3.21. The third-order valence-electron chi connectivity index (χ3n) is 5.26. The zero-order valence-corrected chi connectivity index (χ0v) is 18.5. The first-order chi connectivity index (χ1) is 13.8. The van der Waals surface area contributed by atoms with E-state index in [0.29, 0.717) is 18.0 Å². The zero-order valence-electron chi connectivity index (χ0n) is 17.7. The molecule has 29 heavy (non-hydrogen) atoms. The van der Waals surface area contributed by atoms with Crippen LogP contribution in [0.15, 0.2) is 48.5 Å². The van der Waals surface area contributed by atoms with Crippen LogP contribution in [0.5, 0.6) is 0 Å². The minimum atomic E-state index is -0.511. The molecule has 0 heterocycles. The number of benzene rings is 2. The monoisotopic (exact) mass is 414 g/mol. The second-order valence-corrected chi connectivity index (χ2v) is 7.93. The van der Waals surface area contributed by atoms with Crippen LogP contribution in [0.1, 0.15) is 50.3 Å². The molecule has 2 rings (SSSR count). The number of nitrogens with one attached hydrogen (secondary N) is 1. The summed E-state index contributed by atoms with van der Waals surface area (Å²) >= 11 is 5.96. The van der Waals surface area contributed by atoms with Crippen molar-refractivity contribution in [1.82, 2.24) is 10.2 Å². The van der Waals surface area contributed by atoms with E-state index in [2.05, 4.69) is 5.32 Å². The van der Waals surface area contributed by atoms with E-state index in [-0.39, 0.29) is 24.3 Å². The first-order valence-electron chi connectivity index (χ1n) is 10.2. The fourth-order valence-corrected chi connectivity index (χ4v) is 3.34. The molecule has 0 bridgehead atoms. The summed E-state index contributed by atoms with van der Waals surface area (Å²) in [6.45, 7) is 8.39. The lowest BCUT2D eigenvalue weighted by molar-refractivity contribution is -0.141. The SMILES string of the molecule is CC[C@@H](C)NC(=O)[C@H](CC)N(Cc1ccccc1C)C(=O)Cc1ccc(Cl)cc1. The number of carbonyl (C=O) groups excluding carboxylic acids is 2. The van der Waals surface area contributed by atoms with E-state index >= 15 is 0 Å². The van der Waals surface area contributed by atoms with Gasteiger partial charge in [0.05, 0.1) is 6.42 Å². The molecule has 0 spiro atoms. The lowest BCUT2D eigenvalue weighted by Crippen LogP contribution is -2.51. The molecular formula is C24H31ClN2O2. The maximum absolute atomic E-state index is 13.3. The predicted octanol–water partition coefficient (Wildman–Crippen LogP) is 4.91. The van der Waals surface area contributed by atoms with Gasteiger partial charge in [-0.2, -0.15) is 0 Å². The third kappa shape index (κ3) is 6.60. The Morgan fingerprint density at radius 3 is 2.28 bits per heavy atom. The Balaban J connectivity index is 2.30. The number of hydrogen-bond acceptors (Lipinski definition) is 2. The van der Waals surface area contributed by atoms with Gasteiger partial charge in [0.2, 0.25) is 11.8 Å². The van der Waals surface area contributed by atoms with Crippen molar-refractivity contribution in [3.05, 3.63) is 70.2 Å². The first-order valence-corrected chi connectivity index (χ1v) is 10.6. The molecule has 4 nitrogen and oxygen atoms in total.